The number of nitrogen functional groups attached to an aromatic ring is 1. The summed E-state index contributed by atoms with van der Waals surface area (Å²) >= 11 is 0. The number of rotatable bonds is 3. The number of nitrogens with two attached hydrogens (primary N) is 1. The van der Waals surface area contributed by atoms with Crippen LogP contribution in [0.5, 0.6) is 0 Å². The molecule has 0 aromatic heterocycles. The predicted molar refractivity (Wildman–Crippen MR) is 69.0 cm³/mol. The van der Waals surface area contributed by atoms with Crippen molar-refractivity contribution in [3.8, 4) is 0 Å². The van der Waals surface area contributed by atoms with Crippen LogP contribution in [0.1, 0.15) is 25.8 Å². The van der Waals surface area contributed by atoms with E-state index in [4.69, 9.17) is 5.73 Å². The van der Waals surface area contributed by atoms with E-state index >= 15 is 0 Å². The van der Waals surface area contributed by atoms with Crippen molar-refractivity contribution in [1.29, 1.82) is 0 Å². The van der Waals surface area contributed by atoms with Gasteiger partial charge in [0, 0.05) is 18.7 Å². The molecule has 2 N–H and O–H groups in total. The van der Waals surface area contributed by atoms with Gasteiger partial charge in [0.2, 0.25) is 0 Å². The Kier molecular flexibility index (Phi) is 3.67. The SMILES string of the molecule is CC(C)C1CCN(Cc2cccc(N)c2F)C1. The molecule has 0 bridgehead atoms. The third-order valence-corrected chi connectivity index (χ3v) is 3.75. The molecule has 1 aliphatic rings. The van der Waals surface area contributed by atoms with Gasteiger partial charge >= 0.3 is 0 Å². The Balaban J connectivity index is 2.00. The molecular weight excluding hydrogens is 215 g/mol. The molecule has 1 heterocycles. The second kappa shape index (κ2) is 5.05. The van der Waals surface area contributed by atoms with Gasteiger partial charge in [-0.3, -0.25) is 4.90 Å². The maximum Gasteiger partial charge on any atom is 0.150 e. The fourth-order valence-corrected chi connectivity index (χ4v) is 2.51. The molecular formula is C14H21FN2. The number of halogens is 1. The van der Waals surface area contributed by atoms with E-state index in [1.807, 2.05) is 12.1 Å². The minimum Gasteiger partial charge on any atom is -0.396 e. The normalized spacial score (nSPS) is 21.3. The lowest BCUT2D eigenvalue weighted by Gasteiger charge is -2.18. The monoisotopic (exact) mass is 236 g/mol. The van der Waals surface area contributed by atoms with Crippen LogP contribution in [0, 0.1) is 17.7 Å². The van der Waals surface area contributed by atoms with Crippen molar-refractivity contribution in [2.45, 2.75) is 26.8 Å². The molecule has 1 saturated heterocycles. The Labute approximate surface area is 103 Å². The molecule has 2 nitrogen and oxygen atoms in total. The highest BCUT2D eigenvalue weighted by molar-refractivity contribution is 5.42. The molecule has 2 rings (SSSR count). The van der Waals surface area contributed by atoms with Crippen LogP contribution in [0.25, 0.3) is 0 Å². The zero-order valence-corrected chi connectivity index (χ0v) is 10.6. The Morgan fingerprint density at radius 2 is 2.24 bits per heavy atom. The molecule has 0 spiro atoms. The lowest BCUT2D eigenvalue weighted by molar-refractivity contribution is 0.293. The lowest BCUT2D eigenvalue weighted by Crippen LogP contribution is -2.22. The van der Waals surface area contributed by atoms with Gasteiger partial charge in [-0.1, -0.05) is 26.0 Å². The Morgan fingerprint density at radius 3 is 2.88 bits per heavy atom. The van der Waals surface area contributed by atoms with Crippen LogP contribution in [0.4, 0.5) is 10.1 Å². The van der Waals surface area contributed by atoms with E-state index < -0.39 is 0 Å². The van der Waals surface area contributed by atoms with Gasteiger partial charge < -0.3 is 5.73 Å². The van der Waals surface area contributed by atoms with E-state index in [2.05, 4.69) is 18.7 Å². The van der Waals surface area contributed by atoms with Gasteiger partial charge in [-0.2, -0.15) is 0 Å². The Hall–Kier alpha value is -1.09. The largest absolute Gasteiger partial charge is 0.396 e. The molecule has 0 radical (unpaired) electrons. The highest BCUT2D eigenvalue weighted by Gasteiger charge is 2.25. The van der Waals surface area contributed by atoms with Crippen LogP contribution in [-0.2, 0) is 6.54 Å². The van der Waals surface area contributed by atoms with Gasteiger partial charge in [-0.05, 0) is 30.9 Å². The van der Waals surface area contributed by atoms with Gasteiger partial charge in [0.05, 0.1) is 5.69 Å². The number of hydrogen-bond donors (Lipinski definition) is 1. The summed E-state index contributed by atoms with van der Waals surface area (Å²) in [4.78, 5) is 2.32. The molecule has 94 valence electrons. The van der Waals surface area contributed by atoms with Crippen LogP contribution in [0.15, 0.2) is 18.2 Å². The van der Waals surface area contributed by atoms with E-state index in [0.717, 1.165) is 24.6 Å². The van der Waals surface area contributed by atoms with E-state index in [9.17, 15) is 4.39 Å². The summed E-state index contributed by atoms with van der Waals surface area (Å²) in [6, 6.07) is 5.26. The van der Waals surface area contributed by atoms with Crippen molar-refractivity contribution >= 4 is 5.69 Å². The first-order chi connectivity index (χ1) is 8.08. The predicted octanol–water partition coefficient (Wildman–Crippen LogP) is 2.89. The Morgan fingerprint density at radius 1 is 1.47 bits per heavy atom. The maximum absolute atomic E-state index is 13.8. The van der Waals surface area contributed by atoms with Crippen molar-refractivity contribution in [3.63, 3.8) is 0 Å². The zero-order valence-electron chi connectivity index (χ0n) is 10.6. The molecule has 3 heteroatoms. The van der Waals surface area contributed by atoms with Crippen LogP contribution >= 0.6 is 0 Å². The van der Waals surface area contributed by atoms with E-state index in [-0.39, 0.29) is 11.5 Å². The highest BCUT2D eigenvalue weighted by Crippen LogP contribution is 2.26. The van der Waals surface area contributed by atoms with Crippen molar-refractivity contribution < 1.29 is 4.39 Å². The molecule has 0 amide bonds. The molecule has 1 atom stereocenters. The quantitative estimate of drug-likeness (QED) is 0.818. The average Bonchev–Trinajstić information content (AvgIpc) is 2.73. The lowest BCUT2D eigenvalue weighted by atomic mass is 9.95. The number of nitrogens with zero attached hydrogens (tertiary/aromatic N) is 1. The van der Waals surface area contributed by atoms with Crippen molar-refractivity contribution in [2.24, 2.45) is 11.8 Å². The molecule has 0 saturated carbocycles. The molecule has 1 aromatic rings. The first-order valence-corrected chi connectivity index (χ1v) is 6.33. The average molecular weight is 236 g/mol. The maximum atomic E-state index is 13.8. The van der Waals surface area contributed by atoms with Crippen molar-refractivity contribution in [1.82, 2.24) is 4.90 Å². The summed E-state index contributed by atoms with van der Waals surface area (Å²) in [5, 5.41) is 0. The number of anilines is 1. The van der Waals surface area contributed by atoms with Gasteiger partial charge in [0.1, 0.15) is 0 Å². The van der Waals surface area contributed by atoms with Crippen molar-refractivity contribution in [2.75, 3.05) is 18.8 Å². The molecule has 1 aliphatic heterocycles. The third-order valence-electron chi connectivity index (χ3n) is 3.75. The summed E-state index contributed by atoms with van der Waals surface area (Å²) in [7, 11) is 0. The Bertz CT molecular complexity index is 390. The van der Waals surface area contributed by atoms with Gasteiger partial charge in [-0.15, -0.1) is 0 Å². The summed E-state index contributed by atoms with van der Waals surface area (Å²) in [6.45, 7) is 7.34. The van der Waals surface area contributed by atoms with E-state index in [0.29, 0.717) is 12.5 Å². The fraction of sp³-hybridized carbons (Fsp3) is 0.571. The minimum absolute atomic E-state index is 0.250. The zero-order chi connectivity index (χ0) is 12.4. The highest BCUT2D eigenvalue weighted by atomic mass is 19.1. The second-order valence-corrected chi connectivity index (χ2v) is 5.35. The van der Waals surface area contributed by atoms with Crippen LogP contribution in [0.3, 0.4) is 0 Å². The minimum atomic E-state index is -0.250. The molecule has 0 aliphatic carbocycles. The third kappa shape index (κ3) is 2.78. The second-order valence-electron chi connectivity index (χ2n) is 5.35. The molecule has 1 aromatic carbocycles. The van der Waals surface area contributed by atoms with Gasteiger partial charge in [-0.25, -0.2) is 4.39 Å². The van der Waals surface area contributed by atoms with E-state index in [1.165, 1.54) is 6.42 Å². The topological polar surface area (TPSA) is 29.3 Å². The fourth-order valence-electron chi connectivity index (χ4n) is 2.51. The molecule has 1 fully saturated rings. The summed E-state index contributed by atoms with van der Waals surface area (Å²) in [5.41, 5.74) is 6.55. The first-order valence-electron chi connectivity index (χ1n) is 6.33. The van der Waals surface area contributed by atoms with Crippen molar-refractivity contribution in [3.05, 3.63) is 29.6 Å². The van der Waals surface area contributed by atoms with Crippen LogP contribution in [0.2, 0.25) is 0 Å². The van der Waals surface area contributed by atoms with E-state index in [1.54, 1.807) is 6.07 Å². The number of benzene rings is 1. The summed E-state index contributed by atoms with van der Waals surface area (Å²) in [5.74, 6) is 1.21. The smallest absolute Gasteiger partial charge is 0.150 e. The molecule has 1 unspecified atom stereocenters. The van der Waals surface area contributed by atoms with Gasteiger partial charge in [0.15, 0.2) is 5.82 Å². The first kappa shape index (κ1) is 12.4. The van der Waals surface area contributed by atoms with Gasteiger partial charge in [0.25, 0.3) is 0 Å². The molecule has 17 heavy (non-hydrogen) atoms. The van der Waals surface area contributed by atoms with Crippen LogP contribution < -0.4 is 5.73 Å². The number of hydrogen-bond acceptors (Lipinski definition) is 2. The number of likely N-dealkylation sites (tertiary alicyclic amines) is 1. The standard InChI is InChI=1S/C14H21FN2/c1-10(2)11-6-7-17(8-11)9-12-4-3-5-13(16)14(12)15/h3-5,10-11H,6-9,16H2,1-2H3. The van der Waals surface area contributed by atoms with Crippen LogP contribution in [-0.4, -0.2) is 18.0 Å². The summed E-state index contributed by atoms with van der Waals surface area (Å²) < 4.78 is 13.8. The summed E-state index contributed by atoms with van der Waals surface area (Å²) in [6.07, 6.45) is 1.22.